The third-order valence-corrected chi connectivity index (χ3v) is 3.80. The zero-order valence-electron chi connectivity index (χ0n) is 15.1. The Morgan fingerprint density at radius 1 is 0.880 bits per heavy atom. The summed E-state index contributed by atoms with van der Waals surface area (Å²) in [6.07, 6.45) is 2.99. The number of esters is 1. The number of carbonyl (C=O) groups excluding carboxylic acids is 1. The van der Waals surface area contributed by atoms with Crippen molar-refractivity contribution in [3.63, 3.8) is 0 Å². The molecule has 0 fully saturated rings. The second-order valence-corrected chi connectivity index (χ2v) is 5.46. The van der Waals surface area contributed by atoms with Gasteiger partial charge in [0.05, 0.1) is 21.3 Å². The van der Waals surface area contributed by atoms with Crippen LogP contribution in [-0.2, 0) is 4.79 Å². The van der Waals surface area contributed by atoms with Crippen LogP contribution < -0.4 is 18.9 Å². The Morgan fingerprint density at radius 3 is 2.04 bits per heavy atom. The maximum atomic E-state index is 12.0. The van der Waals surface area contributed by atoms with Crippen LogP contribution in [0.2, 0.25) is 0 Å². The minimum Gasteiger partial charge on any atom is -0.493 e. The smallest absolute Gasteiger partial charge is 0.336 e. The highest BCUT2D eigenvalue weighted by Gasteiger charge is 2.12. The number of hydrogen-bond acceptors (Lipinski definition) is 5. The van der Waals surface area contributed by atoms with E-state index in [9.17, 15) is 4.79 Å². The molecule has 0 heterocycles. The number of aryl methyl sites for hydroxylation is 2. The van der Waals surface area contributed by atoms with Crippen LogP contribution in [0.25, 0.3) is 6.08 Å². The molecule has 0 atom stereocenters. The van der Waals surface area contributed by atoms with Crippen molar-refractivity contribution in [1.29, 1.82) is 0 Å². The Hall–Kier alpha value is -2.95. The van der Waals surface area contributed by atoms with E-state index >= 15 is 0 Å². The molecule has 2 rings (SSSR count). The standard InChI is InChI=1S/C20H22O5/c1-13-6-8-16(10-14(13)2)25-19(21)9-7-15-11-17(22-3)20(24-5)18(12-15)23-4/h6-12H,1-5H3/b9-7+. The van der Waals surface area contributed by atoms with Crippen molar-refractivity contribution in [2.45, 2.75) is 13.8 Å². The van der Waals surface area contributed by atoms with Crippen LogP contribution in [0.15, 0.2) is 36.4 Å². The van der Waals surface area contributed by atoms with Gasteiger partial charge in [-0.25, -0.2) is 4.79 Å². The third kappa shape index (κ3) is 4.53. The maximum Gasteiger partial charge on any atom is 0.336 e. The summed E-state index contributed by atoms with van der Waals surface area (Å²) in [5.74, 6) is 1.59. The van der Waals surface area contributed by atoms with Gasteiger partial charge in [0.1, 0.15) is 5.75 Å². The first-order chi connectivity index (χ1) is 12.0. The molecule has 132 valence electrons. The highest BCUT2D eigenvalue weighted by molar-refractivity contribution is 5.89. The SMILES string of the molecule is COc1cc(/C=C/C(=O)Oc2ccc(C)c(C)c2)cc(OC)c1OC. The van der Waals surface area contributed by atoms with Gasteiger partial charge in [-0.15, -0.1) is 0 Å². The molecule has 0 saturated heterocycles. The van der Waals surface area contributed by atoms with Gasteiger partial charge in [0.15, 0.2) is 11.5 Å². The number of methoxy groups -OCH3 is 3. The fraction of sp³-hybridized carbons (Fsp3) is 0.250. The van der Waals surface area contributed by atoms with Crippen molar-refractivity contribution in [3.05, 3.63) is 53.1 Å². The van der Waals surface area contributed by atoms with E-state index in [4.69, 9.17) is 18.9 Å². The van der Waals surface area contributed by atoms with E-state index < -0.39 is 5.97 Å². The molecule has 5 heteroatoms. The Morgan fingerprint density at radius 2 is 1.52 bits per heavy atom. The van der Waals surface area contributed by atoms with Crippen molar-refractivity contribution < 1.29 is 23.7 Å². The van der Waals surface area contributed by atoms with Crippen molar-refractivity contribution in [2.24, 2.45) is 0 Å². The van der Waals surface area contributed by atoms with Crippen LogP contribution >= 0.6 is 0 Å². The predicted octanol–water partition coefficient (Wildman–Crippen LogP) is 3.95. The van der Waals surface area contributed by atoms with Gasteiger partial charge in [0, 0.05) is 6.08 Å². The number of ether oxygens (including phenoxy) is 4. The van der Waals surface area contributed by atoms with E-state index in [1.807, 2.05) is 26.0 Å². The first-order valence-electron chi connectivity index (χ1n) is 7.75. The van der Waals surface area contributed by atoms with E-state index in [2.05, 4.69) is 0 Å². The molecule has 5 nitrogen and oxygen atoms in total. The molecular formula is C20H22O5. The van der Waals surface area contributed by atoms with Gasteiger partial charge >= 0.3 is 5.97 Å². The van der Waals surface area contributed by atoms with Crippen LogP contribution in [-0.4, -0.2) is 27.3 Å². The summed E-state index contributed by atoms with van der Waals surface area (Å²) in [6, 6.07) is 9.03. The molecule has 0 bridgehead atoms. The normalized spacial score (nSPS) is 10.6. The average molecular weight is 342 g/mol. The molecule has 25 heavy (non-hydrogen) atoms. The summed E-state index contributed by atoms with van der Waals surface area (Å²) in [5, 5.41) is 0. The minimum absolute atomic E-state index is 0.461. The Bertz CT molecular complexity index is 768. The van der Waals surface area contributed by atoms with Gasteiger partial charge < -0.3 is 18.9 Å². The zero-order chi connectivity index (χ0) is 18.4. The monoisotopic (exact) mass is 342 g/mol. The summed E-state index contributed by atoms with van der Waals surface area (Å²) in [7, 11) is 4.62. The third-order valence-electron chi connectivity index (χ3n) is 3.80. The Labute approximate surface area is 147 Å². The summed E-state index contributed by atoms with van der Waals surface area (Å²) in [6.45, 7) is 3.98. The summed E-state index contributed by atoms with van der Waals surface area (Å²) in [4.78, 5) is 12.0. The van der Waals surface area contributed by atoms with E-state index in [-0.39, 0.29) is 0 Å². The number of rotatable bonds is 6. The highest BCUT2D eigenvalue weighted by atomic mass is 16.5. The van der Waals surface area contributed by atoms with Gasteiger partial charge in [-0.2, -0.15) is 0 Å². The van der Waals surface area contributed by atoms with Crippen molar-refractivity contribution in [1.82, 2.24) is 0 Å². The maximum absolute atomic E-state index is 12.0. The molecule has 0 amide bonds. The van der Waals surface area contributed by atoms with Gasteiger partial charge in [0.25, 0.3) is 0 Å². The molecular weight excluding hydrogens is 320 g/mol. The molecule has 0 spiro atoms. The van der Waals surface area contributed by atoms with E-state index in [0.29, 0.717) is 23.0 Å². The highest BCUT2D eigenvalue weighted by Crippen LogP contribution is 2.38. The second-order valence-electron chi connectivity index (χ2n) is 5.46. The molecule has 2 aromatic rings. The lowest BCUT2D eigenvalue weighted by molar-refractivity contribution is -0.128. The summed E-state index contributed by atoms with van der Waals surface area (Å²) in [5.41, 5.74) is 2.94. The lowest BCUT2D eigenvalue weighted by Gasteiger charge is -2.12. The first kappa shape index (κ1) is 18.4. The minimum atomic E-state index is -0.461. The zero-order valence-corrected chi connectivity index (χ0v) is 15.1. The van der Waals surface area contributed by atoms with Crippen LogP contribution in [0.4, 0.5) is 0 Å². The van der Waals surface area contributed by atoms with Crippen molar-refractivity contribution >= 4 is 12.0 Å². The molecule has 0 N–H and O–H groups in total. The fourth-order valence-corrected chi connectivity index (χ4v) is 2.29. The predicted molar refractivity (Wildman–Crippen MR) is 96.7 cm³/mol. The average Bonchev–Trinajstić information content (AvgIpc) is 2.62. The lowest BCUT2D eigenvalue weighted by Crippen LogP contribution is -2.04. The van der Waals surface area contributed by atoms with Crippen molar-refractivity contribution in [3.8, 4) is 23.0 Å². The molecule has 0 radical (unpaired) electrons. The molecule has 2 aromatic carbocycles. The lowest BCUT2D eigenvalue weighted by atomic mass is 10.1. The van der Waals surface area contributed by atoms with Crippen LogP contribution in [0, 0.1) is 13.8 Å². The fourth-order valence-electron chi connectivity index (χ4n) is 2.29. The summed E-state index contributed by atoms with van der Waals surface area (Å²) < 4.78 is 21.2. The second kappa shape index (κ2) is 8.24. The topological polar surface area (TPSA) is 54.0 Å². The van der Waals surface area contributed by atoms with Gasteiger partial charge in [0.2, 0.25) is 5.75 Å². The summed E-state index contributed by atoms with van der Waals surface area (Å²) >= 11 is 0. The molecule has 0 aromatic heterocycles. The van der Waals surface area contributed by atoms with Crippen LogP contribution in [0.1, 0.15) is 16.7 Å². The quantitative estimate of drug-likeness (QED) is 0.452. The largest absolute Gasteiger partial charge is 0.493 e. The van der Waals surface area contributed by atoms with E-state index in [1.165, 1.54) is 13.2 Å². The van der Waals surface area contributed by atoms with Gasteiger partial charge in [-0.3, -0.25) is 0 Å². The first-order valence-corrected chi connectivity index (χ1v) is 7.75. The molecule has 0 aliphatic carbocycles. The van der Waals surface area contributed by atoms with Crippen LogP contribution in [0.3, 0.4) is 0 Å². The number of carbonyl (C=O) groups is 1. The van der Waals surface area contributed by atoms with E-state index in [1.54, 1.807) is 38.5 Å². The Balaban J connectivity index is 2.17. The molecule has 0 saturated carbocycles. The van der Waals surface area contributed by atoms with Gasteiger partial charge in [-0.1, -0.05) is 6.07 Å². The number of benzene rings is 2. The Kier molecular flexibility index (Phi) is 6.06. The number of hydrogen-bond donors (Lipinski definition) is 0. The van der Waals surface area contributed by atoms with Gasteiger partial charge in [-0.05, 0) is 60.9 Å². The molecule has 0 aliphatic rings. The molecule has 0 unspecified atom stereocenters. The van der Waals surface area contributed by atoms with E-state index in [0.717, 1.165) is 16.7 Å². The van der Waals surface area contributed by atoms with Crippen molar-refractivity contribution in [2.75, 3.05) is 21.3 Å². The van der Waals surface area contributed by atoms with Crippen LogP contribution in [0.5, 0.6) is 23.0 Å². The molecule has 0 aliphatic heterocycles.